The summed E-state index contributed by atoms with van der Waals surface area (Å²) in [7, 11) is 0. The third-order valence-electron chi connectivity index (χ3n) is 5.26. The van der Waals surface area contributed by atoms with Gasteiger partial charge in [-0.3, -0.25) is 9.48 Å². The number of fused-ring (bicyclic) bond motifs is 2. The van der Waals surface area contributed by atoms with Gasteiger partial charge in [-0.1, -0.05) is 19.9 Å². The molecular weight excluding hydrogens is 343 g/mol. The zero-order chi connectivity index (χ0) is 19.5. The molecule has 0 spiro atoms. The van der Waals surface area contributed by atoms with Crippen molar-refractivity contribution in [1.29, 1.82) is 0 Å². The van der Waals surface area contributed by atoms with E-state index < -0.39 is 5.82 Å². The maximum Gasteiger partial charge on any atom is 0.165 e. The fourth-order valence-corrected chi connectivity index (χ4v) is 4.18. The van der Waals surface area contributed by atoms with E-state index in [1.165, 1.54) is 6.07 Å². The van der Waals surface area contributed by atoms with Crippen LogP contribution in [-0.2, 0) is 13.0 Å². The third-order valence-corrected chi connectivity index (χ3v) is 5.26. The summed E-state index contributed by atoms with van der Waals surface area (Å²) in [5.41, 5.74) is 9.70. The number of benzene rings is 1. The minimum atomic E-state index is -0.420. The standard InChI is InChI=1S/C21H23FN4O/c1-5-6-26-15-8-13(7-14(22)19(15)20(23)24-26)25-11-12(2)18-16(25)9-21(3,4)10-17(18)27/h5,7-8,11H,1,6,9-10H2,2-4H3,(H2,23,24). The van der Waals surface area contributed by atoms with Gasteiger partial charge in [-0.25, -0.2) is 4.39 Å². The van der Waals surface area contributed by atoms with Gasteiger partial charge in [0.15, 0.2) is 11.6 Å². The van der Waals surface area contributed by atoms with Gasteiger partial charge in [0.05, 0.1) is 23.1 Å². The molecule has 3 aromatic rings. The second-order valence-electron chi connectivity index (χ2n) is 8.12. The summed E-state index contributed by atoms with van der Waals surface area (Å²) in [6, 6.07) is 3.33. The van der Waals surface area contributed by atoms with Crippen molar-refractivity contribution >= 4 is 22.5 Å². The van der Waals surface area contributed by atoms with Crippen LogP contribution in [0.1, 0.15) is 41.9 Å². The van der Waals surface area contributed by atoms with E-state index in [0.717, 1.165) is 23.2 Å². The van der Waals surface area contributed by atoms with E-state index in [-0.39, 0.29) is 17.0 Å². The molecule has 27 heavy (non-hydrogen) atoms. The summed E-state index contributed by atoms with van der Waals surface area (Å²) in [5, 5.41) is 4.54. The van der Waals surface area contributed by atoms with Crippen molar-refractivity contribution in [2.75, 3.05) is 5.73 Å². The first-order valence-electron chi connectivity index (χ1n) is 9.02. The van der Waals surface area contributed by atoms with E-state index >= 15 is 0 Å². The van der Waals surface area contributed by atoms with Gasteiger partial charge in [-0.05, 0) is 36.5 Å². The van der Waals surface area contributed by atoms with Crippen molar-refractivity contribution in [1.82, 2.24) is 14.3 Å². The zero-order valence-corrected chi connectivity index (χ0v) is 15.8. The lowest BCUT2D eigenvalue weighted by Crippen LogP contribution is -2.28. The lowest BCUT2D eigenvalue weighted by atomic mass is 9.75. The first-order chi connectivity index (χ1) is 12.7. The lowest BCUT2D eigenvalue weighted by Gasteiger charge is -2.30. The zero-order valence-electron chi connectivity index (χ0n) is 15.8. The number of carbonyl (C=O) groups excluding carboxylic acids is 1. The Morgan fingerprint density at radius 3 is 2.81 bits per heavy atom. The third kappa shape index (κ3) is 2.67. The number of halogens is 1. The number of ketones is 1. The Bertz CT molecular complexity index is 1100. The molecule has 0 fully saturated rings. The Kier molecular flexibility index (Phi) is 3.77. The fourth-order valence-electron chi connectivity index (χ4n) is 4.18. The molecule has 2 aromatic heterocycles. The highest BCUT2D eigenvalue weighted by molar-refractivity contribution is 6.00. The van der Waals surface area contributed by atoms with E-state index in [2.05, 4.69) is 25.5 Å². The molecule has 0 radical (unpaired) electrons. The maximum atomic E-state index is 14.9. The van der Waals surface area contributed by atoms with Gasteiger partial charge in [0, 0.05) is 23.9 Å². The van der Waals surface area contributed by atoms with Crippen LogP contribution >= 0.6 is 0 Å². The van der Waals surface area contributed by atoms with Gasteiger partial charge in [-0.2, -0.15) is 5.10 Å². The highest BCUT2D eigenvalue weighted by Gasteiger charge is 2.35. The maximum absolute atomic E-state index is 14.9. The normalized spacial score (nSPS) is 15.9. The Labute approximate surface area is 157 Å². The van der Waals surface area contributed by atoms with E-state index in [4.69, 9.17) is 5.73 Å². The van der Waals surface area contributed by atoms with E-state index in [1.54, 1.807) is 10.8 Å². The predicted molar refractivity (Wildman–Crippen MR) is 105 cm³/mol. The van der Waals surface area contributed by atoms with Gasteiger partial charge in [-0.15, -0.1) is 6.58 Å². The summed E-state index contributed by atoms with van der Waals surface area (Å²) in [5.74, 6) is -0.102. The van der Waals surface area contributed by atoms with Gasteiger partial charge >= 0.3 is 0 Å². The smallest absolute Gasteiger partial charge is 0.165 e. The number of nitrogens with zero attached hydrogens (tertiary/aromatic N) is 3. The quantitative estimate of drug-likeness (QED) is 0.707. The monoisotopic (exact) mass is 366 g/mol. The van der Waals surface area contributed by atoms with Crippen LogP contribution in [0.2, 0.25) is 0 Å². The van der Waals surface area contributed by atoms with Crippen LogP contribution in [0.25, 0.3) is 16.6 Å². The highest BCUT2D eigenvalue weighted by atomic mass is 19.1. The Morgan fingerprint density at radius 2 is 2.11 bits per heavy atom. The number of aryl methyl sites for hydroxylation is 1. The molecule has 0 bridgehead atoms. The minimum absolute atomic E-state index is 0.121. The number of aromatic nitrogens is 3. The van der Waals surface area contributed by atoms with E-state index in [0.29, 0.717) is 29.6 Å². The molecule has 140 valence electrons. The van der Waals surface area contributed by atoms with Gasteiger partial charge in [0.25, 0.3) is 0 Å². The fraction of sp³-hybridized carbons (Fsp3) is 0.333. The van der Waals surface area contributed by atoms with Crippen molar-refractivity contribution in [2.45, 2.75) is 40.2 Å². The number of carbonyl (C=O) groups is 1. The average Bonchev–Trinajstić information content (AvgIpc) is 3.04. The van der Waals surface area contributed by atoms with Crippen LogP contribution in [0, 0.1) is 18.2 Å². The van der Waals surface area contributed by atoms with Crippen LogP contribution in [0.5, 0.6) is 0 Å². The number of Topliss-reactive ketones (excluding diaryl/α,β-unsaturated/α-hetero) is 1. The van der Waals surface area contributed by atoms with E-state index in [9.17, 15) is 9.18 Å². The van der Waals surface area contributed by atoms with Crippen molar-refractivity contribution in [3.8, 4) is 5.69 Å². The van der Waals surface area contributed by atoms with Crippen molar-refractivity contribution in [2.24, 2.45) is 5.41 Å². The molecule has 1 aliphatic rings. The lowest BCUT2D eigenvalue weighted by molar-refractivity contribution is 0.0910. The molecule has 0 amide bonds. The molecule has 1 aromatic carbocycles. The average molecular weight is 366 g/mol. The molecule has 0 saturated heterocycles. The van der Waals surface area contributed by atoms with Crippen LogP contribution < -0.4 is 5.73 Å². The SMILES string of the molecule is C=CCn1nc(N)c2c(F)cc(-n3cc(C)c4c3CC(C)(C)CC4=O)cc21. The second kappa shape index (κ2) is 5.81. The molecule has 1 aliphatic carbocycles. The molecule has 2 N–H and O–H groups in total. The van der Waals surface area contributed by atoms with Gasteiger partial charge < -0.3 is 10.3 Å². The molecule has 0 aliphatic heterocycles. The summed E-state index contributed by atoms with van der Waals surface area (Å²) in [6.07, 6.45) is 4.90. The van der Waals surface area contributed by atoms with Crippen LogP contribution in [-0.4, -0.2) is 20.1 Å². The topological polar surface area (TPSA) is 65.8 Å². The summed E-state index contributed by atoms with van der Waals surface area (Å²) >= 11 is 0. The molecular formula is C21H23FN4O. The number of rotatable bonds is 3. The van der Waals surface area contributed by atoms with E-state index in [1.807, 2.05) is 23.8 Å². The molecule has 6 heteroatoms. The molecule has 0 unspecified atom stereocenters. The molecule has 5 nitrogen and oxygen atoms in total. The molecule has 0 saturated carbocycles. The Balaban J connectivity index is 1.96. The Morgan fingerprint density at radius 1 is 1.37 bits per heavy atom. The molecule has 2 heterocycles. The first kappa shape index (κ1) is 17.5. The number of hydrogen-bond donors (Lipinski definition) is 1. The second-order valence-corrected chi connectivity index (χ2v) is 8.12. The van der Waals surface area contributed by atoms with Crippen molar-refractivity contribution in [3.05, 3.63) is 53.6 Å². The van der Waals surface area contributed by atoms with Gasteiger partial charge in [0.2, 0.25) is 0 Å². The summed E-state index contributed by atoms with van der Waals surface area (Å²) in [6.45, 7) is 10.3. The minimum Gasteiger partial charge on any atom is -0.382 e. The van der Waals surface area contributed by atoms with Crippen LogP contribution in [0.4, 0.5) is 10.2 Å². The van der Waals surface area contributed by atoms with Crippen LogP contribution in [0.15, 0.2) is 31.0 Å². The van der Waals surface area contributed by atoms with Crippen molar-refractivity contribution in [3.63, 3.8) is 0 Å². The summed E-state index contributed by atoms with van der Waals surface area (Å²) in [4.78, 5) is 12.7. The molecule has 0 atom stereocenters. The summed E-state index contributed by atoms with van der Waals surface area (Å²) < 4.78 is 18.5. The largest absolute Gasteiger partial charge is 0.382 e. The van der Waals surface area contributed by atoms with Crippen LogP contribution in [0.3, 0.4) is 0 Å². The Hall–Kier alpha value is -2.89. The number of allylic oxidation sites excluding steroid dienone is 1. The number of hydrogen-bond acceptors (Lipinski definition) is 3. The van der Waals surface area contributed by atoms with Gasteiger partial charge in [0.1, 0.15) is 5.82 Å². The number of anilines is 1. The number of nitrogens with two attached hydrogens (primary N) is 1. The highest BCUT2D eigenvalue weighted by Crippen LogP contribution is 2.38. The number of nitrogen functional groups attached to an aromatic ring is 1. The first-order valence-corrected chi connectivity index (χ1v) is 9.02. The molecule has 4 rings (SSSR count). The van der Waals surface area contributed by atoms with Crippen molar-refractivity contribution < 1.29 is 9.18 Å². The predicted octanol–water partition coefficient (Wildman–Crippen LogP) is 4.20.